The molecule has 0 aliphatic carbocycles. The summed E-state index contributed by atoms with van der Waals surface area (Å²) in [6, 6.07) is 10.3. The van der Waals surface area contributed by atoms with Gasteiger partial charge in [0.2, 0.25) is 0 Å². The Morgan fingerprint density at radius 1 is 1.04 bits per heavy atom. The molecule has 0 saturated carbocycles. The molecule has 1 rings (SSSR count). The van der Waals surface area contributed by atoms with Gasteiger partial charge in [-0.25, -0.2) is 0 Å². The molecule has 0 amide bonds. The van der Waals surface area contributed by atoms with Crippen LogP contribution in [0.1, 0.15) is 38.4 Å². The summed E-state index contributed by atoms with van der Waals surface area (Å²) in [4.78, 5) is 4.55. The first-order valence-corrected chi connectivity index (χ1v) is 9.53. The predicted molar refractivity (Wildman–Crippen MR) is 107 cm³/mol. The zero-order chi connectivity index (χ0) is 18.9. The predicted octanol–water partition coefficient (Wildman–Crippen LogP) is 2.76. The Hall–Kier alpha value is -1.63. The van der Waals surface area contributed by atoms with Crippen molar-refractivity contribution >= 4 is 5.96 Å². The van der Waals surface area contributed by atoms with Crippen molar-refractivity contribution in [3.8, 4) is 0 Å². The van der Waals surface area contributed by atoms with Crippen molar-refractivity contribution < 1.29 is 14.2 Å². The number of benzene rings is 1. The minimum absolute atomic E-state index is 0.121. The van der Waals surface area contributed by atoms with Crippen LogP contribution in [0.3, 0.4) is 0 Å². The Balaban J connectivity index is 2.13. The quantitative estimate of drug-likeness (QED) is 0.301. The summed E-state index contributed by atoms with van der Waals surface area (Å²) in [6.07, 6.45) is 1.95. The fraction of sp³-hybridized carbons (Fsp3) is 0.650. The normalized spacial score (nSPS) is 12.8. The fourth-order valence-corrected chi connectivity index (χ4v) is 2.30. The zero-order valence-electron chi connectivity index (χ0n) is 16.5. The number of aliphatic imine (C=N–C) groups is 1. The average molecular weight is 366 g/mol. The lowest BCUT2D eigenvalue weighted by molar-refractivity contribution is 0.0646. The maximum Gasteiger partial charge on any atom is 0.191 e. The highest BCUT2D eigenvalue weighted by Crippen LogP contribution is 2.15. The van der Waals surface area contributed by atoms with Gasteiger partial charge in [-0.1, -0.05) is 30.3 Å². The molecule has 6 heteroatoms. The third-order valence-corrected chi connectivity index (χ3v) is 3.74. The molecule has 1 atom stereocenters. The van der Waals surface area contributed by atoms with E-state index in [-0.39, 0.29) is 6.10 Å². The molecular weight excluding hydrogens is 330 g/mol. The molecule has 0 spiro atoms. The maximum atomic E-state index is 5.89. The van der Waals surface area contributed by atoms with Crippen LogP contribution in [-0.4, -0.2) is 59.1 Å². The number of guanidine groups is 1. The second-order valence-electron chi connectivity index (χ2n) is 5.92. The highest BCUT2D eigenvalue weighted by atomic mass is 16.5. The summed E-state index contributed by atoms with van der Waals surface area (Å²) in [7, 11) is 1.68. The monoisotopic (exact) mass is 365 g/mol. The second-order valence-corrected chi connectivity index (χ2v) is 5.92. The van der Waals surface area contributed by atoms with Gasteiger partial charge in [-0.05, 0) is 32.3 Å². The van der Waals surface area contributed by atoms with Crippen molar-refractivity contribution in [2.24, 2.45) is 4.99 Å². The van der Waals surface area contributed by atoms with Crippen molar-refractivity contribution in [1.82, 2.24) is 10.6 Å². The molecule has 2 N–H and O–H groups in total. The van der Waals surface area contributed by atoms with Crippen LogP contribution in [0.5, 0.6) is 0 Å². The van der Waals surface area contributed by atoms with E-state index in [4.69, 9.17) is 14.2 Å². The summed E-state index contributed by atoms with van der Waals surface area (Å²) in [5.74, 6) is 0.848. The average Bonchev–Trinajstić information content (AvgIpc) is 2.67. The summed E-state index contributed by atoms with van der Waals surface area (Å²) in [5, 5.41) is 6.60. The van der Waals surface area contributed by atoms with E-state index < -0.39 is 0 Å². The van der Waals surface area contributed by atoms with Gasteiger partial charge < -0.3 is 24.8 Å². The number of hydrogen-bond donors (Lipinski definition) is 2. The van der Waals surface area contributed by atoms with Crippen molar-refractivity contribution in [2.75, 3.05) is 53.2 Å². The molecule has 1 aromatic rings. The number of ether oxygens (including phenoxy) is 3. The van der Waals surface area contributed by atoms with E-state index in [1.54, 1.807) is 7.11 Å². The minimum Gasteiger partial charge on any atom is -0.382 e. The molecule has 0 bridgehead atoms. The molecule has 1 unspecified atom stereocenters. The van der Waals surface area contributed by atoms with Crippen LogP contribution in [0.4, 0.5) is 0 Å². The van der Waals surface area contributed by atoms with Crippen LogP contribution in [0.2, 0.25) is 0 Å². The van der Waals surface area contributed by atoms with E-state index in [2.05, 4.69) is 41.6 Å². The largest absolute Gasteiger partial charge is 0.382 e. The number of methoxy groups -OCH3 is 1. The third-order valence-electron chi connectivity index (χ3n) is 3.74. The van der Waals surface area contributed by atoms with Gasteiger partial charge in [0.05, 0.1) is 19.3 Å². The van der Waals surface area contributed by atoms with E-state index in [1.807, 2.05) is 18.2 Å². The molecule has 0 radical (unpaired) electrons. The lowest BCUT2D eigenvalue weighted by Gasteiger charge is -2.14. The molecule has 0 saturated heterocycles. The summed E-state index contributed by atoms with van der Waals surface area (Å²) >= 11 is 0. The van der Waals surface area contributed by atoms with Gasteiger partial charge >= 0.3 is 0 Å². The van der Waals surface area contributed by atoms with Crippen molar-refractivity contribution in [2.45, 2.75) is 32.8 Å². The Morgan fingerprint density at radius 2 is 1.85 bits per heavy atom. The molecule has 0 aromatic heterocycles. The Morgan fingerprint density at radius 3 is 2.58 bits per heavy atom. The van der Waals surface area contributed by atoms with E-state index >= 15 is 0 Å². The van der Waals surface area contributed by atoms with Crippen LogP contribution < -0.4 is 10.6 Å². The summed E-state index contributed by atoms with van der Waals surface area (Å²) < 4.78 is 16.3. The highest BCUT2D eigenvalue weighted by Gasteiger charge is 2.04. The minimum atomic E-state index is 0.121. The Bertz CT molecular complexity index is 469. The first-order valence-electron chi connectivity index (χ1n) is 9.53. The number of rotatable bonds is 14. The van der Waals surface area contributed by atoms with Gasteiger partial charge in [0.25, 0.3) is 0 Å². The van der Waals surface area contributed by atoms with Crippen LogP contribution >= 0.6 is 0 Å². The number of nitrogens with one attached hydrogen (secondary N) is 2. The smallest absolute Gasteiger partial charge is 0.191 e. The van der Waals surface area contributed by atoms with Crippen LogP contribution in [0, 0.1) is 0 Å². The van der Waals surface area contributed by atoms with Gasteiger partial charge in [-0.3, -0.25) is 4.99 Å². The first kappa shape index (κ1) is 22.4. The van der Waals surface area contributed by atoms with Gasteiger partial charge in [0.1, 0.15) is 0 Å². The van der Waals surface area contributed by atoms with Crippen molar-refractivity contribution in [3.05, 3.63) is 35.9 Å². The standard InChI is InChI=1S/C20H35N3O3/c1-4-21-20(22-12-8-14-25-17-16-24-3)23-13-9-15-26-18(2)19-10-6-5-7-11-19/h5-7,10-11,18H,4,8-9,12-17H2,1-3H3,(H2,21,22,23). The van der Waals surface area contributed by atoms with Gasteiger partial charge in [-0.2, -0.15) is 0 Å². The van der Waals surface area contributed by atoms with Crippen LogP contribution in [-0.2, 0) is 14.2 Å². The Labute approximate surface area is 158 Å². The molecule has 0 aliphatic rings. The molecule has 0 heterocycles. The summed E-state index contributed by atoms with van der Waals surface area (Å²) in [5.41, 5.74) is 1.21. The van der Waals surface area contributed by atoms with E-state index in [0.717, 1.165) is 45.0 Å². The lowest BCUT2D eigenvalue weighted by atomic mass is 10.1. The summed E-state index contributed by atoms with van der Waals surface area (Å²) in [6.45, 7) is 9.27. The van der Waals surface area contributed by atoms with E-state index in [1.165, 1.54) is 5.56 Å². The van der Waals surface area contributed by atoms with Gasteiger partial charge in [0, 0.05) is 40.0 Å². The molecule has 0 aliphatic heterocycles. The van der Waals surface area contributed by atoms with Crippen molar-refractivity contribution in [3.63, 3.8) is 0 Å². The van der Waals surface area contributed by atoms with Gasteiger partial charge in [-0.15, -0.1) is 0 Å². The Kier molecular flexibility index (Phi) is 13.5. The first-order chi connectivity index (χ1) is 12.8. The fourth-order valence-electron chi connectivity index (χ4n) is 2.30. The van der Waals surface area contributed by atoms with E-state index in [0.29, 0.717) is 19.8 Å². The second kappa shape index (κ2) is 15.6. The highest BCUT2D eigenvalue weighted by molar-refractivity contribution is 5.79. The number of nitrogens with zero attached hydrogens (tertiary/aromatic N) is 1. The number of hydrogen-bond acceptors (Lipinski definition) is 4. The van der Waals surface area contributed by atoms with Gasteiger partial charge in [0.15, 0.2) is 5.96 Å². The topological polar surface area (TPSA) is 64.1 Å². The molecule has 26 heavy (non-hydrogen) atoms. The van der Waals surface area contributed by atoms with E-state index in [9.17, 15) is 0 Å². The SMILES string of the molecule is CCNC(=NCCCOCCOC)NCCCOC(C)c1ccccc1. The molecule has 0 fully saturated rings. The molecule has 148 valence electrons. The maximum absolute atomic E-state index is 5.89. The third kappa shape index (κ3) is 11.1. The van der Waals surface area contributed by atoms with Crippen molar-refractivity contribution in [1.29, 1.82) is 0 Å². The molecule has 1 aromatic carbocycles. The zero-order valence-corrected chi connectivity index (χ0v) is 16.5. The van der Waals surface area contributed by atoms with Crippen LogP contribution in [0.25, 0.3) is 0 Å². The van der Waals surface area contributed by atoms with Crippen LogP contribution in [0.15, 0.2) is 35.3 Å². The molecular formula is C20H35N3O3. The lowest BCUT2D eigenvalue weighted by Crippen LogP contribution is -2.38. The molecule has 6 nitrogen and oxygen atoms in total.